The monoisotopic (exact) mass is 370 g/mol. The average molecular weight is 371 g/mol. The number of amides is 1. The van der Waals surface area contributed by atoms with Crippen molar-refractivity contribution in [3.63, 3.8) is 0 Å². The van der Waals surface area contributed by atoms with Gasteiger partial charge in [0.1, 0.15) is 0 Å². The van der Waals surface area contributed by atoms with Gasteiger partial charge in [-0.3, -0.25) is 4.79 Å². The fourth-order valence-electron chi connectivity index (χ4n) is 2.17. The van der Waals surface area contributed by atoms with Gasteiger partial charge in [0, 0.05) is 28.6 Å². The lowest BCUT2D eigenvalue weighted by Crippen LogP contribution is -2.12. The number of nitrogens with zero attached hydrogens (tertiary/aromatic N) is 1. The molecule has 1 amide bonds. The summed E-state index contributed by atoms with van der Waals surface area (Å²) in [6.07, 6.45) is 2.48. The van der Waals surface area contributed by atoms with Crippen LogP contribution in [0.25, 0.3) is 11.3 Å². The summed E-state index contributed by atoms with van der Waals surface area (Å²) in [5, 5.41) is 2.85. The smallest absolute Gasteiger partial charge is 0.224 e. The summed E-state index contributed by atoms with van der Waals surface area (Å²) in [6.45, 7) is 0. The van der Waals surface area contributed by atoms with Gasteiger partial charge in [0.25, 0.3) is 0 Å². The van der Waals surface area contributed by atoms with Crippen LogP contribution in [0.15, 0.2) is 69.7 Å². The predicted molar refractivity (Wildman–Crippen MR) is 93.0 cm³/mol. The van der Waals surface area contributed by atoms with Crippen molar-refractivity contribution in [1.82, 2.24) is 4.98 Å². The van der Waals surface area contributed by atoms with E-state index in [0.29, 0.717) is 24.5 Å². The summed E-state index contributed by atoms with van der Waals surface area (Å²) in [6, 6.07) is 17.3. The van der Waals surface area contributed by atoms with Crippen LogP contribution in [0.2, 0.25) is 0 Å². The highest BCUT2D eigenvalue weighted by Crippen LogP contribution is 2.20. The first-order valence-electron chi connectivity index (χ1n) is 7.26. The number of anilines is 1. The number of halogens is 1. The van der Waals surface area contributed by atoms with Crippen molar-refractivity contribution in [3.05, 3.63) is 71.2 Å². The molecule has 0 saturated carbocycles. The molecule has 1 aromatic heterocycles. The molecular weight excluding hydrogens is 356 g/mol. The summed E-state index contributed by atoms with van der Waals surface area (Å²) in [4.78, 5) is 16.2. The Morgan fingerprint density at radius 2 is 1.96 bits per heavy atom. The molecule has 1 heterocycles. The number of hydrogen-bond donors (Lipinski definition) is 1. The number of aromatic nitrogens is 1. The van der Waals surface area contributed by atoms with Crippen molar-refractivity contribution in [2.24, 2.45) is 0 Å². The van der Waals surface area contributed by atoms with Gasteiger partial charge in [-0.05, 0) is 18.2 Å². The van der Waals surface area contributed by atoms with Crippen LogP contribution in [-0.4, -0.2) is 10.9 Å². The molecule has 0 bridgehead atoms. The molecule has 4 nitrogen and oxygen atoms in total. The third-order valence-corrected chi connectivity index (χ3v) is 3.78. The molecule has 116 valence electrons. The van der Waals surface area contributed by atoms with Crippen molar-refractivity contribution in [2.75, 3.05) is 5.32 Å². The van der Waals surface area contributed by atoms with Gasteiger partial charge >= 0.3 is 0 Å². The van der Waals surface area contributed by atoms with Gasteiger partial charge in [0.15, 0.2) is 11.7 Å². The van der Waals surface area contributed by atoms with Crippen LogP contribution in [0.5, 0.6) is 0 Å². The second kappa shape index (κ2) is 7.24. The largest absolute Gasteiger partial charge is 0.441 e. The molecule has 3 aromatic rings. The fourth-order valence-corrected chi connectivity index (χ4v) is 2.57. The minimum absolute atomic E-state index is 0.0671. The van der Waals surface area contributed by atoms with E-state index in [-0.39, 0.29) is 5.91 Å². The van der Waals surface area contributed by atoms with Crippen molar-refractivity contribution < 1.29 is 9.21 Å². The molecule has 0 unspecified atom stereocenters. The highest BCUT2D eigenvalue weighted by molar-refractivity contribution is 9.10. The molecule has 0 spiro atoms. The van der Waals surface area contributed by atoms with Gasteiger partial charge in [0.2, 0.25) is 5.91 Å². The Bertz CT molecular complexity index is 800. The lowest BCUT2D eigenvalue weighted by atomic mass is 10.2. The maximum absolute atomic E-state index is 12.0. The third-order valence-electron chi connectivity index (χ3n) is 3.29. The minimum atomic E-state index is -0.0671. The molecule has 5 heteroatoms. The molecular formula is C18H15BrN2O2. The van der Waals surface area contributed by atoms with Crippen LogP contribution in [-0.2, 0) is 11.2 Å². The van der Waals surface area contributed by atoms with Crippen LogP contribution in [0.3, 0.4) is 0 Å². The van der Waals surface area contributed by atoms with Crippen molar-refractivity contribution in [1.29, 1.82) is 0 Å². The number of carbonyl (C=O) groups excluding carboxylic acids is 1. The molecule has 23 heavy (non-hydrogen) atoms. The Balaban J connectivity index is 1.56. The molecule has 0 aliphatic carbocycles. The zero-order chi connectivity index (χ0) is 16.1. The first kappa shape index (κ1) is 15.5. The standard InChI is InChI=1S/C18H15BrN2O2/c19-14-7-4-8-15(11-14)21-17(22)9-10-18-20-12-16(23-18)13-5-2-1-3-6-13/h1-8,11-12H,9-10H2,(H,21,22). The number of rotatable bonds is 5. The molecule has 1 N–H and O–H groups in total. The molecule has 0 atom stereocenters. The number of carbonyl (C=O) groups is 1. The van der Waals surface area contributed by atoms with E-state index in [1.807, 2.05) is 54.6 Å². The maximum Gasteiger partial charge on any atom is 0.224 e. The third kappa shape index (κ3) is 4.29. The molecule has 0 aliphatic rings. The Morgan fingerprint density at radius 1 is 1.13 bits per heavy atom. The Labute approximate surface area is 142 Å². The first-order valence-corrected chi connectivity index (χ1v) is 8.05. The summed E-state index contributed by atoms with van der Waals surface area (Å²) in [5.41, 5.74) is 1.74. The quantitative estimate of drug-likeness (QED) is 0.709. The normalized spacial score (nSPS) is 10.5. The summed E-state index contributed by atoms with van der Waals surface area (Å²) >= 11 is 3.38. The Morgan fingerprint density at radius 3 is 2.74 bits per heavy atom. The average Bonchev–Trinajstić information content (AvgIpc) is 3.03. The van der Waals surface area contributed by atoms with E-state index in [1.165, 1.54) is 0 Å². The van der Waals surface area contributed by atoms with Crippen LogP contribution in [0.1, 0.15) is 12.3 Å². The van der Waals surface area contributed by atoms with Gasteiger partial charge < -0.3 is 9.73 Å². The summed E-state index contributed by atoms with van der Waals surface area (Å²) in [7, 11) is 0. The van der Waals surface area contributed by atoms with E-state index in [1.54, 1.807) is 6.20 Å². The van der Waals surface area contributed by atoms with Gasteiger partial charge in [-0.2, -0.15) is 0 Å². The topological polar surface area (TPSA) is 55.1 Å². The Hall–Kier alpha value is -2.40. The summed E-state index contributed by atoms with van der Waals surface area (Å²) < 4.78 is 6.62. The number of hydrogen-bond acceptors (Lipinski definition) is 3. The van der Waals surface area contributed by atoms with E-state index in [2.05, 4.69) is 26.2 Å². The van der Waals surface area contributed by atoms with E-state index < -0.39 is 0 Å². The molecule has 0 radical (unpaired) electrons. The van der Waals surface area contributed by atoms with Crippen LogP contribution >= 0.6 is 15.9 Å². The van der Waals surface area contributed by atoms with Crippen molar-refractivity contribution in [2.45, 2.75) is 12.8 Å². The van der Waals surface area contributed by atoms with Crippen LogP contribution in [0, 0.1) is 0 Å². The number of benzene rings is 2. The van der Waals surface area contributed by atoms with Crippen molar-refractivity contribution in [3.8, 4) is 11.3 Å². The Kier molecular flexibility index (Phi) is 4.88. The highest BCUT2D eigenvalue weighted by atomic mass is 79.9. The number of nitrogens with one attached hydrogen (secondary N) is 1. The molecule has 2 aromatic carbocycles. The predicted octanol–water partition coefficient (Wildman–Crippen LogP) is 4.68. The van der Waals surface area contributed by atoms with E-state index in [9.17, 15) is 4.79 Å². The van der Waals surface area contributed by atoms with Crippen molar-refractivity contribution >= 4 is 27.5 Å². The van der Waals surface area contributed by atoms with Crippen LogP contribution < -0.4 is 5.32 Å². The van der Waals surface area contributed by atoms with Gasteiger partial charge in [-0.25, -0.2) is 4.98 Å². The SMILES string of the molecule is O=C(CCc1ncc(-c2ccccc2)o1)Nc1cccc(Br)c1. The minimum Gasteiger partial charge on any atom is -0.441 e. The lowest BCUT2D eigenvalue weighted by molar-refractivity contribution is -0.116. The zero-order valence-electron chi connectivity index (χ0n) is 12.3. The van der Waals surface area contributed by atoms with E-state index in [4.69, 9.17) is 4.42 Å². The van der Waals surface area contributed by atoms with Gasteiger partial charge in [0.05, 0.1) is 6.20 Å². The summed E-state index contributed by atoms with van der Waals surface area (Å²) in [5.74, 6) is 1.21. The molecule has 0 aliphatic heterocycles. The first-order chi connectivity index (χ1) is 11.2. The van der Waals surface area contributed by atoms with E-state index >= 15 is 0 Å². The second-order valence-corrected chi connectivity index (χ2v) is 5.96. The molecule has 3 rings (SSSR count). The van der Waals surface area contributed by atoms with E-state index in [0.717, 1.165) is 15.7 Å². The maximum atomic E-state index is 12.0. The number of oxazole rings is 1. The lowest BCUT2D eigenvalue weighted by Gasteiger charge is -2.04. The van der Waals surface area contributed by atoms with Gasteiger partial charge in [-0.1, -0.05) is 52.3 Å². The number of aryl methyl sites for hydroxylation is 1. The van der Waals surface area contributed by atoms with Crippen LogP contribution in [0.4, 0.5) is 5.69 Å². The molecule has 0 fully saturated rings. The van der Waals surface area contributed by atoms with Gasteiger partial charge in [-0.15, -0.1) is 0 Å². The second-order valence-electron chi connectivity index (χ2n) is 5.04. The highest BCUT2D eigenvalue weighted by Gasteiger charge is 2.09. The zero-order valence-corrected chi connectivity index (χ0v) is 13.9. The molecule has 0 saturated heterocycles. The fraction of sp³-hybridized carbons (Fsp3) is 0.111.